The first-order valence-electron chi connectivity index (χ1n) is 7.37. The zero-order chi connectivity index (χ0) is 15.4. The number of aromatic amines is 1. The molecule has 22 heavy (non-hydrogen) atoms. The Labute approximate surface area is 128 Å². The Bertz CT molecular complexity index is 889. The number of pyridine rings is 1. The lowest BCUT2D eigenvalue weighted by Crippen LogP contribution is -2.13. The van der Waals surface area contributed by atoms with Gasteiger partial charge >= 0.3 is 0 Å². The smallest absolute Gasteiger partial charge is 0.193 e. The molecule has 3 rings (SSSR count). The van der Waals surface area contributed by atoms with Crippen LogP contribution in [-0.4, -0.2) is 4.98 Å². The second-order valence-corrected chi connectivity index (χ2v) is 5.23. The number of benzene rings is 2. The van der Waals surface area contributed by atoms with E-state index in [2.05, 4.69) is 11.1 Å². The zero-order valence-electron chi connectivity index (χ0n) is 12.2. The summed E-state index contributed by atoms with van der Waals surface area (Å²) in [7, 11) is 0. The van der Waals surface area contributed by atoms with Crippen molar-refractivity contribution in [2.75, 3.05) is 0 Å². The van der Waals surface area contributed by atoms with Gasteiger partial charge in [-0.25, -0.2) is 0 Å². The highest BCUT2D eigenvalue weighted by molar-refractivity contribution is 5.83. The number of unbranched alkanes of at least 4 members (excludes halogenated alkanes) is 1. The maximum Gasteiger partial charge on any atom is 0.193 e. The molecule has 0 unspecified atom stereocenters. The summed E-state index contributed by atoms with van der Waals surface area (Å²) in [5.41, 5.74) is 3.53. The van der Waals surface area contributed by atoms with Crippen LogP contribution in [-0.2, 0) is 6.42 Å². The summed E-state index contributed by atoms with van der Waals surface area (Å²) < 4.78 is 0. The van der Waals surface area contributed by atoms with E-state index in [0.717, 1.165) is 22.3 Å². The molecular weight excluding hydrogens is 272 g/mol. The summed E-state index contributed by atoms with van der Waals surface area (Å²) in [6.45, 7) is 0. The molecule has 0 saturated heterocycles. The minimum absolute atomic E-state index is 0.0612. The zero-order valence-corrected chi connectivity index (χ0v) is 12.2. The summed E-state index contributed by atoms with van der Waals surface area (Å²) in [5, 5.41) is 9.44. The van der Waals surface area contributed by atoms with Gasteiger partial charge in [0.25, 0.3) is 0 Å². The Morgan fingerprint density at radius 3 is 2.50 bits per heavy atom. The Balaban J connectivity index is 2.22. The Kier molecular flexibility index (Phi) is 4.02. The quantitative estimate of drug-likeness (QED) is 0.736. The first kappa shape index (κ1) is 14.1. The summed E-state index contributed by atoms with van der Waals surface area (Å²) >= 11 is 0. The molecule has 0 saturated carbocycles. The third kappa shape index (κ3) is 2.64. The van der Waals surface area contributed by atoms with Crippen LogP contribution < -0.4 is 5.43 Å². The average Bonchev–Trinajstić information content (AvgIpc) is 2.57. The van der Waals surface area contributed by atoms with Gasteiger partial charge in [-0.05, 0) is 30.5 Å². The van der Waals surface area contributed by atoms with Crippen molar-refractivity contribution in [2.24, 2.45) is 0 Å². The van der Waals surface area contributed by atoms with Crippen LogP contribution in [0.2, 0.25) is 0 Å². The van der Waals surface area contributed by atoms with Crippen molar-refractivity contribution >= 4 is 10.9 Å². The molecule has 0 aliphatic heterocycles. The summed E-state index contributed by atoms with van der Waals surface area (Å²) in [6.07, 6.45) is 1.76. The van der Waals surface area contributed by atoms with Crippen molar-refractivity contribution in [1.29, 1.82) is 5.26 Å². The van der Waals surface area contributed by atoms with Gasteiger partial charge in [0.05, 0.1) is 11.8 Å². The standard InChI is InChI=1S/C19H16N2O/c20-13-7-6-11-16-18(14-8-2-1-3-9-14)21-17-12-5-4-10-15(17)19(16)22/h1-5,8-10,12H,6-7,11H2,(H,21,22). The molecule has 0 fully saturated rings. The SMILES string of the molecule is N#CCCCc1c(-c2ccccc2)[nH]c2ccccc2c1=O. The number of nitriles is 1. The molecule has 0 atom stereocenters. The molecule has 0 aliphatic rings. The van der Waals surface area contributed by atoms with E-state index in [1.54, 1.807) is 0 Å². The van der Waals surface area contributed by atoms with Crippen molar-refractivity contribution in [3.63, 3.8) is 0 Å². The third-order valence-electron chi connectivity index (χ3n) is 3.79. The Morgan fingerprint density at radius 2 is 1.73 bits per heavy atom. The molecule has 2 aromatic carbocycles. The van der Waals surface area contributed by atoms with Crippen molar-refractivity contribution in [3.8, 4) is 17.3 Å². The van der Waals surface area contributed by atoms with Gasteiger partial charge in [-0.3, -0.25) is 4.79 Å². The maximum absolute atomic E-state index is 12.8. The number of aromatic nitrogens is 1. The molecule has 1 heterocycles. The van der Waals surface area contributed by atoms with Crippen LogP contribution in [0.5, 0.6) is 0 Å². The van der Waals surface area contributed by atoms with Crippen molar-refractivity contribution in [1.82, 2.24) is 4.98 Å². The van der Waals surface area contributed by atoms with Gasteiger partial charge in [0.1, 0.15) is 0 Å². The molecule has 0 spiro atoms. The second kappa shape index (κ2) is 6.28. The summed E-state index contributed by atoms with van der Waals surface area (Å²) in [6, 6.07) is 19.6. The number of nitrogens with one attached hydrogen (secondary N) is 1. The van der Waals surface area contributed by atoms with Crippen LogP contribution in [0.4, 0.5) is 0 Å². The largest absolute Gasteiger partial charge is 0.354 e. The molecular formula is C19H16N2O. The molecule has 0 aliphatic carbocycles. The molecule has 1 N–H and O–H groups in total. The number of rotatable bonds is 4. The van der Waals surface area contributed by atoms with Crippen LogP contribution in [0.25, 0.3) is 22.2 Å². The van der Waals surface area contributed by atoms with E-state index in [1.165, 1.54) is 0 Å². The van der Waals surface area contributed by atoms with Crippen molar-refractivity contribution in [2.45, 2.75) is 19.3 Å². The number of H-pyrrole nitrogens is 1. The Morgan fingerprint density at radius 1 is 1.00 bits per heavy atom. The van der Waals surface area contributed by atoms with Gasteiger partial charge in [0, 0.05) is 22.9 Å². The van der Waals surface area contributed by atoms with Gasteiger partial charge < -0.3 is 4.98 Å². The fourth-order valence-corrected chi connectivity index (χ4v) is 2.71. The molecule has 3 aromatic rings. The number of hydrogen-bond acceptors (Lipinski definition) is 2. The van der Waals surface area contributed by atoms with E-state index in [0.29, 0.717) is 24.6 Å². The maximum atomic E-state index is 12.8. The van der Waals surface area contributed by atoms with Crippen LogP contribution in [0.1, 0.15) is 18.4 Å². The van der Waals surface area contributed by atoms with Gasteiger partial charge in [-0.2, -0.15) is 5.26 Å². The molecule has 0 amide bonds. The summed E-state index contributed by atoms with van der Waals surface area (Å²) in [5.74, 6) is 0. The fourth-order valence-electron chi connectivity index (χ4n) is 2.71. The fraction of sp³-hybridized carbons (Fsp3) is 0.158. The number of nitrogens with zero attached hydrogens (tertiary/aromatic N) is 1. The molecule has 3 nitrogen and oxygen atoms in total. The minimum Gasteiger partial charge on any atom is -0.354 e. The van der Waals surface area contributed by atoms with E-state index < -0.39 is 0 Å². The normalized spacial score (nSPS) is 10.5. The van der Waals surface area contributed by atoms with E-state index in [9.17, 15) is 4.79 Å². The van der Waals surface area contributed by atoms with E-state index in [1.807, 2.05) is 54.6 Å². The predicted octanol–water partition coefficient (Wildman–Crippen LogP) is 4.04. The van der Waals surface area contributed by atoms with Gasteiger partial charge in [0.2, 0.25) is 0 Å². The summed E-state index contributed by atoms with van der Waals surface area (Å²) in [4.78, 5) is 16.2. The molecule has 0 bridgehead atoms. The monoisotopic (exact) mass is 288 g/mol. The molecule has 0 radical (unpaired) electrons. The van der Waals surface area contributed by atoms with E-state index >= 15 is 0 Å². The first-order chi connectivity index (χ1) is 10.8. The van der Waals surface area contributed by atoms with Crippen LogP contribution in [0, 0.1) is 11.3 Å². The highest BCUT2D eigenvalue weighted by atomic mass is 16.1. The van der Waals surface area contributed by atoms with Gasteiger partial charge in [0.15, 0.2) is 5.43 Å². The topological polar surface area (TPSA) is 56.6 Å². The lowest BCUT2D eigenvalue weighted by Gasteiger charge is -2.11. The second-order valence-electron chi connectivity index (χ2n) is 5.23. The molecule has 1 aromatic heterocycles. The highest BCUT2D eigenvalue weighted by Gasteiger charge is 2.12. The van der Waals surface area contributed by atoms with E-state index in [-0.39, 0.29) is 5.43 Å². The van der Waals surface area contributed by atoms with Gasteiger partial charge in [-0.15, -0.1) is 0 Å². The van der Waals surface area contributed by atoms with E-state index in [4.69, 9.17) is 5.26 Å². The van der Waals surface area contributed by atoms with Crippen LogP contribution in [0.15, 0.2) is 59.4 Å². The highest BCUT2D eigenvalue weighted by Crippen LogP contribution is 2.23. The minimum atomic E-state index is 0.0612. The lowest BCUT2D eigenvalue weighted by molar-refractivity contribution is 0.845. The van der Waals surface area contributed by atoms with Crippen LogP contribution >= 0.6 is 0 Å². The lowest BCUT2D eigenvalue weighted by atomic mass is 9.98. The van der Waals surface area contributed by atoms with Crippen molar-refractivity contribution in [3.05, 3.63) is 70.4 Å². The number of fused-ring (bicyclic) bond motifs is 1. The van der Waals surface area contributed by atoms with Crippen molar-refractivity contribution < 1.29 is 0 Å². The predicted molar refractivity (Wildman–Crippen MR) is 88.6 cm³/mol. The Hall–Kier alpha value is -2.86. The molecule has 3 heteroatoms. The van der Waals surface area contributed by atoms with Gasteiger partial charge in [-0.1, -0.05) is 42.5 Å². The first-order valence-corrected chi connectivity index (χ1v) is 7.37. The third-order valence-corrected chi connectivity index (χ3v) is 3.79. The molecule has 108 valence electrons. The number of para-hydroxylation sites is 1. The number of hydrogen-bond donors (Lipinski definition) is 1. The van der Waals surface area contributed by atoms with Crippen LogP contribution in [0.3, 0.4) is 0 Å². The average molecular weight is 288 g/mol.